The smallest absolute Gasteiger partial charge is 0.335 e. The Morgan fingerprint density at radius 3 is 2.50 bits per heavy atom. The Labute approximate surface area is 206 Å². The van der Waals surface area contributed by atoms with Gasteiger partial charge in [-0.2, -0.15) is 0 Å². The summed E-state index contributed by atoms with van der Waals surface area (Å²) >= 11 is 0. The normalized spacial score (nSPS) is 41.8. The number of fused-ring (bicyclic) bond motifs is 5. The van der Waals surface area contributed by atoms with Crippen LogP contribution >= 0.6 is 0 Å². The van der Waals surface area contributed by atoms with E-state index in [-0.39, 0.29) is 29.0 Å². The molecule has 192 valence electrons. The molecular weight excluding hydrogens is 428 g/mol. The highest BCUT2D eigenvalue weighted by Gasteiger charge is 2.59. The van der Waals surface area contributed by atoms with E-state index in [2.05, 4.69) is 32.9 Å². The molecule has 3 saturated carbocycles. The second-order valence-corrected chi connectivity index (χ2v) is 12.0. The van der Waals surface area contributed by atoms with Crippen molar-refractivity contribution in [1.29, 1.82) is 0 Å². The lowest BCUT2D eigenvalue weighted by Crippen LogP contribution is -2.52. The summed E-state index contributed by atoms with van der Waals surface area (Å²) in [5.41, 5.74) is 2.57. The van der Waals surface area contributed by atoms with Crippen molar-refractivity contribution in [3.05, 3.63) is 23.3 Å². The first-order valence-electron chi connectivity index (χ1n) is 13.7. The summed E-state index contributed by atoms with van der Waals surface area (Å²) in [6.07, 6.45) is 9.93. The topological polar surface area (TPSA) is 76.0 Å². The summed E-state index contributed by atoms with van der Waals surface area (Å²) in [5, 5.41) is 21.3. The Morgan fingerprint density at radius 1 is 1.09 bits per heavy atom. The van der Waals surface area contributed by atoms with Crippen LogP contribution in [-0.4, -0.2) is 46.7 Å². The lowest BCUT2D eigenvalue weighted by Gasteiger charge is -2.56. The Morgan fingerprint density at radius 2 is 1.82 bits per heavy atom. The fraction of sp³-hybridized carbons (Fsp3) is 0.828. The van der Waals surface area contributed by atoms with Gasteiger partial charge in [-0.15, -0.1) is 0 Å². The summed E-state index contributed by atoms with van der Waals surface area (Å²) in [7, 11) is 0. The molecule has 2 N–H and O–H groups in total. The fourth-order valence-corrected chi connectivity index (χ4v) is 7.89. The number of hydrogen-bond donors (Lipinski definition) is 2. The van der Waals surface area contributed by atoms with E-state index in [1.54, 1.807) is 0 Å². The molecule has 0 aromatic carbocycles. The van der Waals surface area contributed by atoms with E-state index in [0.717, 1.165) is 32.1 Å². The van der Waals surface area contributed by atoms with E-state index in [4.69, 9.17) is 9.47 Å². The molecule has 4 rings (SSSR count). The number of aliphatic hydroxyl groups excluding tert-OH is 2. The average molecular weight is 475 g/mol. The van der Waals surface area contributed by atoms with Crippen LogP contribution in [0.25, 0.3) is 0 Å². The molecule has 5 nitrogen and oxygen atoms in total. The van der Waals surface area contributed by atoms with Crippen molar-refractivity contribution in [1.82, 2.24) is 0 Å². The maximum Gasteiger partial charge on any atom is 0.335 e. The van der Waals surface area contributed by atoms with Crippen molar-refractivity contribution in [2.75, 3.05) is 0 Å². The molecule has 3 fully saturated rings. The van der Waals surface area contributed by atoms with E-state index in [1.165, 1.54) is 11.1 Å². The Kier molecular flexibility index (Phi) is 7.40. The van der Waals surface area contributed by atoms with Crippen LogP contribution in [0, 0.1) is 28.6 Å². The largest absolute Gasteiger partial charge is 0.461 e. The van der Waals surface area contributed by atoms with Crippen LogP contribution in [0.5, 0.6) is 0 Å². The lowest BCUT2D eigenvalue weighted by atomic mass is 9.49. The maximum absolute atomic E-state index is 12.7. The third kappa shape index (κ3) is 4.20. The number of esters is 1. The SMILES string of the molecule is CCC(C)OC(=O)C(CC)O[C@@H](C)[C@H]1CC[C@H]2C3=CC=C4C[C@@H](O)C[C@H](O)[C@]4(C)[C@H]3CC[C@]12C. The molecule has 4 aliphatic carbocycles. The molecule has 10 atom stereocenters. The summed E-state index contributed by atoms with van der Waals surface area (Å²) in [5.74, 6) is 0.974. The molecule has 4 aliphatic rings. The molecule has 0 heterocycles. The van der Waals surface area contributed by atoms with Crippen LogP contribution < -0.4 is 0 Å². The van der Waals surface area contributed by atoms with Gasteiger partial charge in [0.15, 0.2) is 6.10 Å². The van der Waals surface area contributed by atoms with Gasteiger partial charge >= 0.3 is 5.97 Å². The minimum Gasteiger partial charge on any atom is -0.461 e. The fourth-order valence-electron chi connectivity index (χ4n) is 7.89. The lowest BCUT2D eigenvalue weighted by molar-refractivity contribution is -0.169. The van der Waals surface area contributed by atoms with Gasteiger partial charge in [0.05, 0.1) is 24.4 Å². The van der Waals surface area contributed by atoms with Gasteiger partial charge < -0.3 is 19.7 Å². The van der Waals surface area contributed by atoms with Gasteiger partial charge in [0.2, 0.25) is 0 Å². The second kappa shape index (κ2) is 9.71. The molecule has 2 unspecified atom stereocenters. The van der Waals surface area contributed by atoms with Crippen LogP contribution in [0.2, 0.25) is 0 Å². The van der Waals surface area contributed by atoms with Crippen molar-refractivity contribution in [2.45, 2.75) is 123 Å². The number of hydrogen-bond acceptors (Lipinski definition) is 5. The highest BCUT2D eigenvalue weighted by molar-refractivity contribution is 5.74. The minimum absolute atomic E-state index is 0.0118. The van der Waals surface area contributed by atoms with Gasteiger partial charge in [-0.25, -0.2) is 4.79 Å². The number of aliphatic hydroxyl groups is 2. The first kappa shape index (κ1) is 25.9. The minimum atomic E-state index is -0.509. The molecule has 0 saturated heterocycles. The number of carbonyl (C=O) groups is 1. The van der Waals surface area contributed by atoms with E-state index in [1.807, 2.05) is 20.8 Å². The zero-order valence-corrected chi connectivity index (χ0v) is 22.0. The predicted octanol–water partition coefficient (Wildman–Crippen LogP) is 5.34. The average Bonchev–Trinajstić information content (AvgIpc) is 3.15. The van der Waals surface area contributed by atoms with E-state index >= 15 is 0 Å². The highest BCUT2D eigenvalue weighted by Crippen LogP contribution is 2.65. The zero-order valence-electron chi connectivity index (χ0n) is 22.0. The number of carbonyl (C=O) groups excluding carboxylic acids is 1. The summed E-state index contributed by atoms with van der Waals surface area (Å²) in [4.78, 5) is 12.7. The standard InChI is InChI=1S/C29H46O5/c1-7-17(3)33-27(32)25(8-2)34-18(4)22-11-12-23-21-10-9-19-15-20(30)16-26(31)29(19,6)24(21)13-14-28(22,23)5/h9-10,17-18,20,22-26,30-31H,7-8,11-16H2,1-6H3/t17?,18-,20+,22+,23-,24-,25?,26-,28+,29-/m0/s1. The van der Waals surface area contributed by atoms with Gasteiger partial charge in [0, 0.05) is 11.8 Å². The molecule has 0 radical (unpaired) electrons. The van der Waals surface area contributed by atoms with E-state index in [0.29, 0.717) is 37.0 Å². The Bertz CT molecular complexity index is 832. The van der Waals surface area contributed by atoms with E-state index in [9.17, 15) is 15.0 Å². The van der Waals surface area contributed by atoms with Gasteiger partial charge in [0.25, 0.3) is 0 Å². The van der Waals surface area contributed by atoms with Gasteiger partial charge in [-0.3, -0.25) is 0 Å². The van der Waals surface area contributed by atoms with Crippen LogP contribution in [0.1, 0.15) is 92.9 Å². The summed E-state index contributed by atoms with van der Waals surface area (Å²) in [6.45, 7) is 12.7. The van der Waals surface area contributed by atoms with Crippen molar-refractivity contribution < 1.29 is 24.5 Å². The van der Waals surface area contributed by atoms with Crippen molar-refractivity contribution in [2.24, 2.45) is 28.6 Å². The third-order valence-corrected chi connectivity index (χ3v) is 10.2. The maximum atomic E-state index is 12.7. The van der Waals surface area contributed by atoms with Crippen LogP contribution in [0.3, 0.4) is 0 Å². The molecule has 0 aliphatic heterocycles. The molecule has 5 heteroatoms. The molecule has 0 spiro atoms. The number of rotatable bonds is 7. The molecule has 0 amide bonds. The van der Waals surface area contributed by atoms with Crippen molar-refractivity contribution in [3.8, 4) is 0 Å². The van der Waals surface area contributed by atoms with Gasteiger partial charge in [-0.1, -0.05) is 51.0 Å². The van der Waals surface area contributed by atoms with Crippen LogP contribution in [-0.2, 0) is 14.3 Å². The highest BCUT2D eigenvalue weighted by atomic mass is 16.6. The van der Waals surface area contributed by atoms with Crippen molar-refractivity contribution in [3.63, 3.8) is 0 Å². The van der Waals surface area contributed by atoms with Crippen LogP contribution in [0.4, 0.5) is 0 Å². The van der Waals surface area contributed by atoms with Crippen LogP contribution in [0.15, 0.2) is 23.3 Å². The number of allylic oxidation sites excluding steroid dienone is 3. The summed E-state index contributed by atoms with van der Waals surface area (Å²) < 4.78 is 12.0. The zero-order chi connectivity index (χ0) is 24.8. The van der Waals surface area contributed by atoms with Gasteiger partial charge in [-0.05, 0) is 82.0 Å². The molecule has 0 bridgehead atoms. The van der Waals surface area contributed by atoms with Crippen molar-refractivity contribution >= 4 is 5.97 Å². The molecule has 0 aromatic heterocycles. The first-order chi connectivity index (χ1) is 16.1. The number of ether oxygens (including phenoxy) is 2. The monoisotopic (exact) mass is 474 g/mol. The Hall–Kier alpha value is -1.17. The second-order valence-electron chi connectivity index (χ2n) is 12.0. The third-order valence-electron chi connectivity index (χ3n) is 10.2. The Balaban J connectivity index is 1.52. The quantitative estimate of drug-likeness (QED) is 0.487. The molecule has 34 heavy (non-hydrogen) atoms. The van der Waals surface area contributed by atoms with Gasteiger partial charge in [0.1, 0.15) is 0 Å². The first-order valence-corrected chi connectivity index (χ1v) is 13.7. The molecular formula is C29H46O5. The predicted molar refractivity (Wildman–Crippen MR) is 133 cm³/mol. The summed E-state index contributed by atoms with van der Waals surface area (Å²) in [6, 6.07) is 0. The van der Waals surface area contributed by atoms with E-state index < -0.39 is 18.3 Å². The molecule has 0 aromatic rings.